The molecule has 0 radical (unpaired) electrons. The van der Waals surface area contributed by atoms with Crippen molar-refractivity contribution in [2.24, 2.45) is 0 Å². The van der Waals surface area contributed by atoms with E-state index in [1.54, 1.807) is 12.1 Å². The summed E-state index contributed by atoms with van der Waals surface area (Å²) < 4.78 is 19.4. The Hall–Kier alpha value is -1.91. The zero-order valence-electron chi connectivity index (χ0n) is 14.5. The van der Waals surface area contributed by atoms with E-state index in [1.165, 1.54) is 18.7 Å². The molecule has 25 heavy (non-hydrogen) atoms. The average Bonchev–Trinajstić information content (AvgIpc) is 2.86. The minimum absolute atomic E-state index is 0.181. The van der Waals surface area contributed by atoms with Crippen LogP contribution in [0.1, 0.15) is 36.8 Å². The van der Waals surface area contributed by atoms with Gasteiger partial charge in [0.25, 0.3) is 0 Å². The monoisotopic (exact) mass is 341 g/mol. The summed E-state index contributed by atoms with van der Waals surface area (Å²) in [4.78, 5) is 2.51. The fraction of sp³-hybridized carbons (Fsp3) is 0.429. The molecule has 2 aliphatic heterocycles. The van der Waals surface area contributed by atoms with Crippen LogP contribution in [0.4, 0.5) is 4.39 Å². The number of para-hydroxylation sites is 1. The highest BCUT2D eigenvalue weighted by Gasteiger charge is 2.49. The molecular weight excluding hydrogens is 317 g/mol. The van der Waals surface area contributed by atoms with Gasteiger partial charge in [0.05, 0.1) is 12.7 Å². The molecule has 2 bridgehead atoms. The Kier molecular flexibility index (Phi) is 4.26. The SMILES string of the molecule is COc1c(F)cccc1C1(O)CC2CCC(C1)N2Cc1ccccc1. The van der Waals surface area contributed by atoms with E-state index in [0.29, 0.717) is 30.5 Å². The lowest BCUT2D eigenvalue weighted by Crippen LogP contribution is -2.49. The van der Waals surface area contributed by atoms with Crippen molar-refractivity contribution in [2.75, 3.05) is 7.11 Å². The van der Waals surface area contributed by atoms with Gasteiger partial charge < -0.3 is 9.84 Å². The molecule has 1 N–H and O–H groups in total. The highest BCUT2D eigenvalue weighted by atomic mass is 19.1. The smallest absolute Gasteiger partial charge is 0.165 e. The Balaban J connectivity index is 1.60. The number of ether oxygens (including phenoxy) is 1. The summed E-state index contributed by atoms with van der Waals surface area (Å²) in [5.74, 6) is -0.228. The first kappa shape index (κ1) is 16.6. The number of piperidine rings is 1. The Morgan fingerprint density at radius 1 is 1.08 bits per heavy atom. The predicted octanol–water partition coefficient (Wildman–Crippen LogP) is 3.85. The number of rotatable bonds is 4. The molecule has 2 heterocycles. The summed E-state index contributed by atoms with van der Waals surface area (Å²) >= 11 is 0. The van der Waals surface area contributed by atoms with Crippen molar-refractivity contribution in [1.82, 2.24) is 4.90 Å². The lowest BCUT2D eigenvalue weighted by molar-refractivity contribution is -0.0609. The maximum Gasteiger partial charge on any atom is 0.165 e. The van der Waals surface area contributed by atoms with Crippen molar-refractivity contribution < 1.29 is 14.2 Å². The third kappa shape index (κ3) is 2.94. The van der Waals surface area contributed by atoms with E-state index in [-0.39, 0.29) is 5.75 Å². The predicted molar refractivity (Wildman–Crippen MR) is 94.9 cm³/mol. The summed E-state index contributed by atoms with van der Waals surface area (Å²) in [6, 6.07) is 15.9. The molecule has 2 aromatic carbocycles. The number of halogens is 1. The average molecular weight is 341 g/mol. The van der Waals surface area contributed by atoms with Crippen LogP contribution < -0.4 is 4.74 Å². The number of aliphatic hydroxyl groups is 1. The van der Waals surface area contributed by atoms with Gasteiger partial charge in [-0.3, -0.25) is 4.90 Å². The normalized spacial score (nSPS) is 28.9. The van der Waals surface area contributed by atoms with E-state index in [0.717, 1.165) is 19.4 Å². The van der Waals surface area contributed by atoms with Crippen molar-refractivity contribution in [3.8, 4) is 5.75 Å². The van der Waals surface area contributed by atoms with E-state index in [2.05, 4.69) is 29.2 Å². The van der Waals surface area contributed by atoms with E-state index < -0.39 is 11.4 Å². The summed E-state index contributed by atoms with van der Waals surface area (Å²) in [7, 11) is 1.46. The van der Waals surface area contributed by atoms with Crippen LogP contribution in [0.5, 0.6) is 5.75 Å². The molecule has 4 heteroatoms. The molecule has 2 saturated heterocycles. The van der Waals surface area contributed by atoms with E-state index in [9.17, 15) is 9.50 Å². The zero-order chi connectivity index (χ0) is 17.4. The van der Waals surface area contributed by atoms with Crippen LogP contribution in [0.15, 0.2) is 48.5 Å². The lowest BCUT2D eigenvalue weighted by atomic mass is 9.80. The minimum Gasteiger partial charge on any atom is -0.493 e. The first-order valence-electron chi connectivity index (χ1n) is 8.96. The molecule has 2 fully saturated rings. The number of hydrogen-bond donors (Lipinski definition) is 1. The second kappa shape index (κ2) is 6.43. The third-order valence-electron chi connectivity index (χ3n) is 5.80. The number of fused-ring (bicyclic) bond motifs is 2. The fourth-order valence-electron chi connectivity index (χ4n) is 4.67. The fourth-order valence-corrected chi connectivity index (χ4v) is 4.67. The molecule has 3 nitrogen and oxygen atoms in total. The van der Waals surface area contributed by atoms with Crippen molar-refractivity contribution in [3.05, 3.63) is 65.5 Å². The molecule has 4 rings (SSSR count). The van der Waals surface area contributed by atoms with Gasteiger partial charge in [0.15, 0.2) is 11.6 Å². The summed E-state index contributed by atoms with van der Waals surface area (Å²) in [5, 5.41) is 11.4. The quantitative estimate of drug-likeness (QED) is 0.917. The molecule has 2 atom stereocenters. The number of methoxy groups -OCH3 is 1. The van der Waals surface area contributed by atoms with E-state index >= 15 is 0 Å². The summed E-state index contributed by atoms with van der Waals surface area (Å²) in [5.41, 5.74) is 0.867. The van der Waals surface area contributed by atoms with Gasteiger partial charge in [-0.2, -0.15) is 0 Å². The van der Waals surface area contributed by atoms with Crippen molar-refractivity contribution in [1.29, 1.82) is 0 Å². The van der Waals surface area contributed by atoms with Gasteiger partial charge in [-0.05, 0) is 37.3 Å². The maximum absolute atomic E-state index is 14.1. The highest BCUT2D eigenvalue weighted by molar-refractivity contribution is 5.40. The number of hydrogen-bond acceptors (Lipinski definition) is 3. The van der Waals surface area contributed by atoms with Gasteiger partial charge in [-0.15, -0.1) is 0 Å². The molecule has 2 aromatic rings. The largest absolute Gasteiger partial charge is 0.493 e. The molecule has 0 amide bonds. The Bertz CT molecular complexity index is 735. The lowest BCUT2D eigenvalue weighted by Gasteiger charge is -2.44. The van der Waals surface area contributed by atoms with Gasteiger partial charge in [0.1, 0.15) is 0 Å². The van der Waals surface area contributed by atoms with Crippen LogP contribution in [0.3, 0.4) is 0 Å². The van der Waals surface area contributed by atoms with Gasteiger partial charge in [-0.1, -0.05) is 42.5 Å². The first-order chi connectivity index (χ1) is 12.1. The van der Waals surface area contributed by atoms with Crippen molar-refractivity contribution >= 4 is 0 Å². The van der Waals surface area contributed by atoms with Gasteiger partial charge in [-0.25, -0.2) is 4.39 Å². The van der Waals surface area contributed by atoms with E-state index in [4.69, 9.17) is 4.74 Å². The number of nitrogens with zero attached hydrogens (tertiary/aromatic N) is 1. The molecule has 0 aromatic heterocycles. The van der Waals surface area contributed by atoms with Crippen LogP contribution in [0.2, 0.25) is 0 Å². The van der Waals surface area contributed by atoms with Crippen LogP contribution in [0.25, 0.3) is 0 Å². The Labute approximate surface area is 148 Å². The molecular formula is C21H24FNO2. The molecule has 2 aliphatic rings. The molecule has 2 unspecified atom stereocenters. The van der Waals surface area contributed by atoms with E-state index in [1.807, 2.05) is 6.07 Å². The van der Waals surface area contributed by atoms with Crippen LogP contribution in [-0.4, -0.2) is 29.2 Å². The minimum atomic E-state index is -1.02. The molecule has 0 aliphatic carbocycles. The summed E-state index contributed by atoms with van der Waals surface area (Å²) in [6.07, 6.45) is 3.40. The Morgan fingerprint density at radius 2 is 1.76 bits per heavy atom. The van der Waals surface area contributed by atoms with Gasteiger partial charge in [0, 0.05) is 24.2 Å². The molecule has 132 valence electrons. The van der Waals surface area contributed by atoms with Gasteiger partial charge >= 0.3 is 0 Å². The molecule has 0 spiro atoms. The third-order valence-corrected chi connectivity index (χ3v) is 5.80. The summed E-state index contributed by atoms with van der Waals surface area (Å²) in [6.45, 7) is 0.909. The van der Waals surface area contributed by atoms with Gasteiger partial charge in [0.2, 0.25) is 0 Å². The first-order valence-corrected chi connectivity index (χ1v) is 8.96. The van der Waals surface area contributed by atoms with Crippen LogP contribution in [-0.2, 0) is 12.1 Å². The highest BCUT2D eigenvalue weighted by Crippen LogP contribution is 2.48. The van der Waals surface area contributed by atoms with Crippen LogP contribution >= 0.6 is 0 Å². The number of benzene rings is 2. The second-order valence-corrected chi connectivity index (χ2v) is 7.30. The maximum atomic E-state index is 14.1. The molecule has 0 saturated carbocycles. The topological polar surface area (TPSA) is 32.7 Å². The zero-order valence-corrected chi connectivity index (χ0v) is 14.5. The van der Waals surface area contributed by atoms with Crippen LogP contribution in [0, 0.1) is 5.82 Å². The standard InChI is InChI=1S/C21H24FNO2/c1-25-20-18(8-5-9-19(20)22)21(24)12-16-10-11-17(13-21)23(16)14-15-6-3-2-4-7-15/h2-9,16-17,24H,10-14H2,1H3. The van der Waals surface area contributed by atoms with Crippen molar-refractivity contribution in [2.45, 2.75) is 49.9 Å². The Morgan fingerprint density at radius 3 is 2.40 bits per heavy atom. The van der Waals surface area contributed by atoms with Crippen molar-refractivity contribution in [3.63, 3.8) is 0 Å². The second-order valence-electron chi connectivity index (χ2n) is 7.30.